The number of aromatic nitrogens is 1. The molecule has 6 heteroatoms. The van der Waals surface area contributed by atoms with Crippen molar-refractivity contribution in [3.05, 3.63) is 23.9 Å². The first-order valence-corrected chi connectivity index (χ1v) is 6.98. The molecule has 0 amide bonds. The zero-order chi connectivity index (χ0) is 14.8. The highest BCUT2D eigenvalue weighted by molar-refractivity contribution is 5.49. The summed E-state index contributed by atoms with van der Waals surface area (Å²) in [4.78, 5) is 5.77. The molecular weight excluding hydrogens is 267 g/mol. The Morgan fingerprint density at radius 2 is 2.15 bits per heavy atom. The first kappa shape index (κ1) is 15.1. The van der Waals surface area contributed by atoms with Crippen molar-refractivity contribution in [2.75, 3.05) is 18.0 Å². The maximum atomic E-state index is 13.1. The van der Waals surface area contributed by atoms with Crippen LogP contribution in [0.5, 0.6) is 0 Å². The van der Waals surface area contributed by atoms with Gasteiger partial charge in [-0.05, 0) is 44.4 Å². The normalized spacial score (nSPS) is 23.1. The standard InChI is InChI=1S/C14H20F3N3/c1-2-20(12-7-3-5-10(12)9-18)13-11(14(15,16)17)6-4-8-19-13/h4,6,8,10,12H,2-3,5,7,9,18H2,1H3. The molecule has 1 aliphatic carbocycles. The largest absolute Gasteiger partial charge is 0.419 e. The van der Waals surface area contributed by atoms with Crippen LogP contribution in [-0.2, 0) is 6.18 Å². The fourth-order valence-corrected chi connectivity index (χ4v) is 3.09. The van der Waals surface area contributed by atoms with E-state index in [0.717, 1.165) is 25.3 Å². The highest BCUT2D eigenvalue weighted by atomic mass is 19.4. The molecule has 1 heterocycles. The Labute approximate surface area is 117 Å². The molecule has 1 fully saturated rings. The summed E-state index contributed by atoms with van der Waals surface area (Å²) in [5.74, 6) is 0.283. The fraction of sp³-hybridized carbons (Fsp3) is 0.643. The molecule has 1 aromatic heterocycles. The van der Waals surface area contributed by atoms with Crippen LogP contribution in [0.25, 0.3) is 0 Å². The topological polar surface area (TPSA) is 42.2 Å². The van der Waals surface area contributed by atoms with E-state index in [1.54, 1.807) is 4.90 Å². The molecule has 2 N–H and O–H groups in total. The summed E-state index contributed by atoms with van der Waals surface area (Å²) in [7, 11) is 0. The average molecular weight is 287 g/mol. The first-order valence-electron chi connectivity index (χ1n) is 6.98. The van der Waals surface area contributed by atoms with Crippen LogP contribution >= 0.6 is 0 Å². The molecular formula is C14H20F3N3. The maximum absolute atomic E-state index is 13.1. The number of hydrogen-bond acceptors (Lipinski definition) is 3. The second-order valence-corrected chi connectivity index (χ2v) is 5.15. The van der Waals surface area contributed by atoms with Gasteiger partial charge >= 0.3 is 6.18 Å². The Morgan fingerprint density at radius 1 is 1.40 bits per heavy atom. The van der Waals surface area contributed by atoms with Crippen LogP contribution in [0.4, 0.5) is 19.0 Å². The zero-order valence-corrected chi connectivity index (χ0v) is 11.5. The van der Waals surface area contributed by atoms with Crippen LogP contribution in [-0.4, -0.2) is 24.1 Å². The van der Waals surface area contributed by atoms with Gasteiger partial charge in [0.1, 0.15) is 5.82 Å². The van der Waals surface area contributed by atoms with Crippen molar-refractivity contribution in [1.82, 2.24) is 4.98 Å². The smallest absolute Gasteiger partial charge is 0.353 e. The van der Waals surface area contributed by atoms with Crippen molar-refractivity contribution < 1.29 is 13.2 Å². The Kier molecular flexibility index (Phi) is 4.52. The Morgan fingerprint density at radius 3 is 2.75 bits per heavy atom. The lowest BCUT2D eigenvalue weighted by Crippen LogP contribution is -2.41. The van der Waals surface area contributed by atoms with Gasteiger partial charge in [0.15, 0.2) is 0 Å². The summed E-state index contributed by atoms with van der Waals surface area (Å²) in [5, 5.41) is 0. The molecule has 112 valence electrons. The number of pyridine rings is 1. The Hall–Kier alpha value is -1.30. The van der Waals surface area contributed by atoms with Crippen molar-refractivity contribution in [2.45, 2.75) is 38.4 Å². The van der Waals surface area contributed by atoms with E-state index < -0.39 is 11.7 Å². The highest BCUT2D eigenvalue weighted by Crippen LogP contribution is 2.38. The van der Waals surface area contributed by atoms with Gasteiger partial charge in [-0.1, -0.05) is 6.42 Å². The van der Waals surface area contributed by atoms with Gasteiger partial charge in [0.25, 0.3) is 0 Å². The molecule has 0 aromatic carbocycles. The van der Waals surface area contributed by atoms with Crippen molar-refractivity contribution in [2.24, 2.45) is 11.7 Å². The number of anilines is 1. The summed E-state index contributed by atoms with van der Waals surface area (Å²) in [6.45, 7) is 2.87. The highest BCUT2D eigenvalue weighted by Gasteiger charge is 2.38. The van der Waals surface area contributed by atoms with Gasteiger partial charge in [-0.25, -0.2) is 4.98 Å². The van der Waals surface area contributed by atoms with E-state index >= 15 is 0 Å². The summed E-state index contributed by atoms with van der Waals surface area (Å²) in [6.07, 6.45) is -0.0971. The molecule has 2 atom stereocenters. The lowest BCUT2D eigenvalue weighted by Gasteiger charge is -2.34. The Bertz CT molecular complexity index is 448. The number of alkyl halides is 3. The molecule has 0 radical (unpaired) electrons. The minimum absolute atomic E-state index is 0.0350. The monoisotopic (exact) mass is 287 g/mol. The third kappa shape index (κ3) is 2.90. The van der Waals surface area contributed by atoms with E-state index in [1.807, 2.05) is 6.92 Å². The van der Waals surface area contributed by atoms with E-state index in [-0.39, 0.29) is 17.8 Å². The molecule has 0 spiro atoms. The summed E-state index contributed by atoms with van der Waals surface area (Å²) < 4.78 is 39.4. The Balaban J connectivity index is 2.37. The summed E-state index contributed by atoms with van der Waals surface area (Å²) in [5.41, 5.74) is 5.09. The molecule has 2 rings (SSSR count). The number of hydrogen-bond donors (Lipinski definition) is 1. The van der Waals surface area contributed by atoms with Crippen molar-refractivity contribution in [3.8, 4) is 0 Å². The minimum atomic E-state index is -4.38. The van der Waals surface area contributed by atoms with Crippen LogP contribution in [0.1, 0.15) is 31.7 Å². The van der Waals surface area contributed by atoms with Crippen LogP contribution in [0.2, 0.25) is 0 Å². The predicted octanol–water partition coefficient (Wildman–Crippen LogP) is 3.05. The average Bonchev–Trinajstić information content (AvgIpc) is 2.87. The molecule has 0 aliphatic heterocycles. The molecule has 2 unspecified atom stereocenters. The molecule has 3 nitrogen and oxygen atoms in total. The lowest BCUT2D eigenvalue weighted by atomic mass is 10.0. The molecule has 1 aromatic rings. The SMILES string of the molecule is CCN(c1ncccc1C(F)(F)F)C1CCCC1CN. The second-order valence-electron chi connectivity index (χ2n) is 5.15. The van der Waals surface area contributed by atoms with Crippen LogP contribution in [0, 0.1) is 5.92 Å². The quantitative estimate of drug-likeness (QED) is 0.925. The number of nitrogens with two attached hydrogens (primary N) is 1. The van der Waals surface area contributed by atoms with Crippen molar-refractivity contribution in [3.63, 3.8) is 0 Å². The molecule has 0 bridgehead atoms. The number of halogens is 3. The van der Waals surface area contributed by atoms with Crippen molar-refractivity contribution >= 4 is 5.82 Å². The molecule has 20 heavy (non-hydrogen) atoms. The van der Waals surface area contributed by atoms with Gasteiger partial charge in [0, 0.05) is 18.8 Å². The van der Waals surface area contributed by atoms with Crippen molar-refractivity contribution in [1.29, 1.82) is 0 Å². The van der Waals surface area contributed by atoms with Crippen LogP contribution in [0.15, 0.2) is 18.3 Å². The summed E-state index contributed by atoms with van der Waals surface area (Å²) in [6, 6.07) is 2.48. The van der Waals surface area contributed by atoms with Gasteiger partial charge in [-0.3, -0.25) is 0 Å². The van der Waals surface area contributed by atoms with Crippen LogP contribution in [0.3, 0.4) is 0 Å². The lowest BCUT2D eigenvalue weighted by molar-refractivity contribution is -0.137. The van der Waals surface area contributed by atoms with E-state index in [1.165, 1.54) is 12.3 Å². The van der Waals surface area contributed by atoms with Gasteiger partial charge in [0.2, 0.25) is 0 Å². The van der Waals surface area contributed by atoms with E-state index in [2.05, 4.69) is 4.98 Å². The summed E-state index contributed by atoms with van der Waals surface area (Å²) >= 11 is 0. The van der Waals surface area contributed by atoms with Gasteiger partial charge in [-0.2, -0.15) is 13.2 Å². The third-order valence-corrected chi connectivity index (χ3v) is 4.03. The van der Waals surface area contributed by atoms with Crippen LogP contribution < -0.4 is 10.6 Å². The predicted molar refractivity (Wildman–Crippen MR) is 72.4 cm³/mol. The zero-order valence-electron chi connectivity index (χ0n) is 11.5. The van der Waals surface area contributed by atoms with E-state index in [4.69, 9.17) is 5.73 Å². The van der Waals surface area contributed by atoms with Gasteiger partial charge in [0.05, 0.1) is 5.56 Å². The van der Waals surface area contributed by atoms with Gasteiger partial charge < -0.3 is 10.6 Å². The molecule has 1 aliphatic rings. The van der Waals surface area contributed by atoms with E-state index in [0.29, 0.717) is 13.1 Å². The first-order chi connectivity index (χ1) is 9.49. The third-order valence-electron chi connectivity index (χ3n) is 4.03. The minimum Gasteiger partial charge on any atom is -0.353 e. The number of rotatable bonds is 4. The van der Waals surface area contributed by atoms with E-state index in [9.17, 15) is 13.2 Å². The fourth-order valence-electron chi connectivity index (χ4n) is 3.09. The maximum Gasteiger partial charge on any atom is 0.419 e. The van der Waals surface area contributed by atoms with Gasteiger partial charge in [-0.15, -0.1) is 0 Å². The number of nitrogens with zero attached hydrogens (tertiary/aromatic N) is 2. The second kappa shape index (κ2) is 5.99. The molecule has 0 saturated heterocycles. The molecule has 1 saturated carbocycles.